The fraction of sp³-hybridized carbons (Fsp3) is 0.207. The van der Waals surface area contributed by atoms with E-state index in [4.69, 9.17) is 21.7 Å². The fourth-order valence-electron chi connectivity index (χ4n) is 4.81. The van der Waals surface area contributed by atoms with Crippen LogP contribution in [0.5, 0.6) is 11.5 Å². The number of pyridine rings is 1. The van der Waals surface area contributed by atoms with E-state index in [-0.39, 0.29) is 18.0 Å². The molecule has 2 atom stereocenters. The molecule has 0 aliphatic carbocycles. The quantitative estimate of drug-likeness (QED) is 0.296. The maximum absolute atomic E-state index is 11.9. The second kappa shape index (κ2) is 10.9. The minimum absolute atomic E-state index is 0.185. The molecule has 194 valence electrons. The summed E-state index contributed by atoms with van der Waals surface area (Å²) in [5, 5.41) is 6.92. The monoisotopic (exact) mass is 527 g/mol. The van der Waals surface area contributed by atoms with Crippen molar-refractivity contribution >= 4 is 34.6 Å². The van der Waals surface area contributed by atoms with E-state index < -0.39 is 0 Å². The number of hydrogen-bond donors (Lipinski definition) is 2. The number of benzene rings is 2. The highest BCUT2D eigenvalue weighted by Crippen LogP contribution is 2.43. The van der Waals surface area contributed by atoms with E-state index in [9.17, 15) is 4.79 Å². The van der Waals surface area contributed by atoms with Gasteiger partial charge in [-0.25, -0.2) is 0 Å². The molecule has 9 heteroatoms. The molecule has 2 N–H and O–H groups in total. The third kappa shape index (κ3) is 4.92. The number of carbonyl (C=O) groups is 1. The molecule has 2 aromatic heterocycles. The predicted octanol–water partition coefficient (Wildman–Crippen LogP) is 5.42. The van der Waals surface area contributed by atoms with E-state index in [0.717, 1.165) is 28.5 Å². The van der Waals surface area contributed by atoms with Crippen LogP contribution in [-0.4, -0.2) is 34.3 Å². The molecule has 5 rings (SSSR count). The topological polar surface area (TPSA) is 80.7 Å². The van der Waals surface area contributed by atoms with Gasteiger partial charge in [0.15, 0.2) is 5.11 Å². The molecule has 1 amide bonds. The lowest BCUT2D eigenvalue weighted by atomic mass is 10.0. The van der Waals surface area contributed by atoms with Gasteiger partial charge in [-0.3, -0.25) is 9.78 Å². The summed E-state index contributed by atoms with van der Waals surface area (Å²) in [5.74, 6) is 1.21. The minimum atomic E-state index is -0.238. The maximum Gasteiger partial charge on any atom is 0.221 e. The van der Waals surface area contributed by atoms with Gasteiger partial charge in [-0.15, -0.1) is 0 Å². The number of carbonyl (C=O) groups excluding carboxylic acids is 1. The third-order valence-electron chi connectivity index (χ3n) is 6.38. The van der Waals surface area contributed by atoms with Crippen molar-refractivity contribution in [2.45, 2.75) is 25.9 Å². The Kier molecular flexibility index (Phi) is 7.28. The van der Waals surface area contributed by atoms with E-state index in [1.165, 1.54) is 6.92 Å². The summed E-state index contributed by atoms with van der Waals surface area (Å²) < 4.78 is 13.3. The highest BCUT2D eigenvalue weighted by Gasteiger charge is 2.42. The molecule has 1 fully saturated rings. The lowest BCUT2D eigenvalue weighted by Gasteiger charge is -2.29. The van der Waals surface area contributed by atoms with Gasteiger partial charge < -0.3 is 29.6 Å². The van der Waals surface area contributed by atoms with Gasteiger partial charge in [0, 0.05) is 36.4 Å². The van der Waals surface area contributed by atoms with E-state index in [2.05, 4.69) is 31.2 Å². The summed E-state index contributed by atoms with van der Waals surface area (Å²) in [6, 6.07) is 23.2. The molecule has 0 saturated carbocycles. The number of amides is 1. The summed E-state index contributed by atoms with van der Waals surface area (Å²) >= 11 is 5.89. The number of thiocarbonyl (C=S) groups is 1. The van der Waals surface area contributed by atoms with Crippen molar-refractivity contribution in [1.29, 1.82) is 0 Å². The largest absolute Gasteiger partial charge is 0.495 e. The molecule has 4 aromatic rings. The van der Waals surface area contributed by atoms with Crippen LogP contribution in [-0.2, 0) is 4.79 Å². The number of ether oxygens (including phenoxy) is 2. The Hall–Kier alpha value is -4.37. The van der Waals surface area contributed by atoms with Crippen molar-refractivity contribution in [3.63, 3.8) is 0 Å². The molecule has 1 aliphatic heterocycles. The minimum Gasteiger partial charge on any atom is -0.495 e. The van der Waals surface area contributed by atoms with Gasteiger partial charge in [-0.1, -0.05) is 6.07 Å². The zero-order chi connectivity index (χ0) is 26.6. The van der Waals surface area contributed by atoms with Crippen LogP contribution in [0.1, 0.15) is 37.3 Å². The van der Waals surface area contributed by atoms with Gasteiger partial charge >= 0.3 is 0 Å². The van der Waals surface area contributed by atoms with Gasteiger partial charge in [0.1, 0.15) is 17.5 Å². The van der Waals surface area contributed by atoms with Crippen molar-refractivity contribution in [1.82, 2.24) is 14.9 Å². The molecule has 0 bridgehead atoms. The van der Waals surface area contributed by atoms with Crippen LogP contribution in [0.25, 0.3) is 5.69 Å². The zero-order valence-electron chi connectivity index (χ0n) is 21.4. The first kappa shape index (κ1) is 25.3. The highest BCUT2D eigenvalue weighted by molar-refractivity contribution is 7.80. The zero-order valence-corrected chi connectivity index (χ0v) is 22.2. The van der Waals surface area contributed by atoms with Gasteiger partial charge in [0.05, 0.1) is 31.1 Å². The smallest absolute Gasteiger partial charge is 0.221 e. The van der Waals surface area contributed by atoms with Crippen molar-refractivity contribution in [3.05, 3.63) is 96.6 Å². The summed E-state index contributed by atoms with van der Waals surface area (Å²) in [7, 11) is 1.58. The third-order valence-corrected chi connectivity index (χ3v) is 6.69. The normalized spacial score (nSPS) is 16.7. The van der Waals surface area contributed by atoms with E-state index >= 15 is 0 Å². The number of nitrogens with one attached hydrogen (secondary N) is 2. The van der Waals surface area contributed by atoms with Crippen LogP contribution >= 0.6 is 12.2 Å². The van der Waals surface area contributed by atoms with Crippen molar-refractivity contribution in [3.8, 4) is 17.2 Å². The maximum atomic E-state index is 11.9. The first-order valence-electron chi connectivity index (χ1n) is 12.4. The highest BCUT2D eigenvalue weighted by atomic mass is 32.1. The Morgan fingerprint density at radius 1 is 1.08 bits per heavy atom. The van der Waals surface area contributed by atoms with Gasteiger partial charge in [-0.2, -0.15) is 0 Å². The van der Waals surface area contributed by atoms with E-state index in [1.54, 1.807) is 13.3 Å². The summed E-state index contributed by atoms with van der Waals surface area (Å²) in [5.41, 5.74) is 4.28. The summed E-state index contributed by atoms with van der Waals surface area (Å²) in [6.45, 7) is 4.05. The molecule has 38 heavy (non-hydrogen) atoms. The molecule has 2 aromatic carbocycles. The van der Waals surface area contributed by atoms with Gasteiger partial charge in [-0.05, 0) is 85.9 Å². The standard InChI is InChI=1S/C29H29N5O3S/c1-4-37-22-13-10-20(11-14-22)33-17-7-9-25(33)28-27(23-8-5-6-16-30-23)32-29(38)34(28)21-12-15-26(36-3)24(18-21)31-19(2)35/h5-18,27-28H,4H2,1-3H3,(H,31,35)(H,32,38)/t27-,28-/m0/s1. The Morgan fingerprint density at radius 3 is 2.55 bits per heavy atom. The summed E-state index contributed by atoms with van der Waals surface area (Å²) in [6.07, 6.45) is 3.82. The molecule has 0 radical (unpaired) electrons. The number of hydrogen-bond acceptors (Lipinski definition) is 5. The van der Waals surface area contributed by atoms with Crippen LogP contribution in [0.15, 0.2) is 85.2 Å². The molecule has 3 heterocycles. The van der Waals surface area contributed by atoms with Crippen LogP contribution in [0.4, 0.5) is 11.4 Å². The first-order valence-corrected chi connectivity index (χ1v) is 12.8. The SMILES string of the molecule is CCOc1ccc(-n2cccc2[C@H]2[C@H](c3ccccn3)NC(=S)N2c2ccc(OC)c(NC(C)=O)c2)cc1. The molecular formula is C29H29N5O3S. The molecule has 1 aliphatic rings. The number of rotatable bonds is 8. The Morgan fingerprint density at radius 2 is 1.87 bits per heavy atom. The molecule has 1 saturated heterocycles. The lowest BCUT2D eigenvalue weighted by molar-refractivity contribution is -0.114. The Labute approximate surface area is 227 Å². The number of anilines is 2. The molecule has 8 nitrogen and oxygen atoms in total. The van der Waals surface area contributed by atoms with Crippen molar-refractivity contribution in [2.75, 3.05) is 23.9 Å². The van der Waals surface area contributed by atoms with Crippen molar-refractivity contribution in [2.24, 2.45) is 0 Å². The lowest BCUT2D eigenvalue weighted by Crippen LogP contribution is -2.30. The first-order chi connectivity index (χ1) is 18.5. The van der Waals surface area contributed by atoms with Crippen LogP contribution < -0.4 is 25.0 Å². The van der Waals surface area contributed by atoms with Gasteiger partial charge in [0.2, 0.25) is 5.91 Å². The average molecular weight is 528 g/mol. The van der Waals surface area contributed by atoms with Gasteiger partial charge in [0.25, 0.3) is 0 Å². The summed E-state index contributed by atoms with van der Waals surface area (Å²) in [4.78, 5) is 18.6. The number of aromatic nitrogens is 2. The number of methoxy groups -OCH3 is 1. The molecular weight excluding hydrogens is 498 g/mol. The Bertz CT molecular complexity index is 1440. The average Bonchev–Trinajstić information content (AvgIpc) is 3.54. The van der Waals surface area contributed by atoms with Crippen LogP contribution in [0.2, 0.25) is 0 Å². The second-order valence-corrected chi connectivity index (χ2v) is 9.18. The van der Waals surface area contributed by atoms with E-state index in [1.807, 2.05) is 79.9 Å². The predicted molar refractivity (Wildman–Crippen MR) is 152 cm³/mol. The van der Waals surface area contributed by atoms with Crippen LogP contribution in [0, 0.1) is 0 Å². The molecule has 0 unspecified atom stereocenters. The molecule has 0 spiro atoms. The van der Waals surface area contributed by atoms with Crippen molar-refractivity contribution < 1.29 is 14.3 Å². The fourth-order valence-corrected chi connectivity index (χ4v) is 5.15. The number of nitrogens with zero attached hydrogens (tertiary/aromatic N) is 3. The van der Waals surface area contributed by atoms with E-state index in [0.29, 0.717) is 23.2 Å². The van der Waals surface area contributed by atoms with Crippen LogP contribution in [0.3, 0.4) is 0 Å². The second-order valence-electron chi connectivity index (χ2n) is 8.79. The Balaban J connectivity index is 1.62.